The maximum Gasteiger partial charge on any atom is 0.231 e. The molecule has 3 rings (SSSR count). The van der Waals surface area contributed by atoms with Crippen LogP contribution in [0.2, 0.25) is 0 Å². The average Bonchev–Trinajstić information content (AvgIpc) is 3.09. The molecule has 5 nitrogen and oxygen atoms in total. The van der Waals surface area contributed by atoms with Crippen molar-refractivity contribution in [2.24, 2.45) is 0 Å². The van der Waals surface area contributed by atoms with Gasteiger partial charge in [0, 0.05) is 5.56 Å². The molecule has 128 valence electrons. The molecule has 0 unspecified atom stereocenters. The Morgan fingerprint density at radius 3 is 2.60 bits per heavy atom. The Balaban J connectivity index is 1.54. The van der Waals surface area contributed by atoms with Crippen LogP contribution in [0, 0.1) is 0 Å². The van der Waals surface area contributed by atoms with E-state index >= 15 is 0 Å². The molecular weight excluding hydrogens is 336 g/mol. The Hall–Kier alpha value is -2.60. The molecule has 6 heteroatoms. The monoisotopic (exact) mass is 354 g/mol. The van der Waals surface area contributed by atoms with Gasteiger partial charge in [0.25, 0.3) is 0 Å². The van der Waals surface area contributed by atoms with E-state index < -0.39 is 0 Å². The van der Waals surface area contributed by atoms with E-state index in [1.165, 1.54) is 11.8 Å². The van der Waals surface area contributed by atoms with Crippen LogP contribution in [-0.2, 0) is 6.42 Å². The van der Waals surface area contributed by atoms with Crippen LogP contribution in [0.1, 0.15) is 28.7 Å². The van der Waals surface area contributed by atoms with Crippen molar-refractivity contribution in [3.05, 3.63) is 71.6 Å². The van der Waals surface area contributed by atoms with E-state index in [9.17, 15) is 4.79 Å². The number of ether oxygens (including phenoxy) is 1. The van der Waals surface area contributed by atoms with E-state index in [1.807, 2.05) is 37.3 Å². The first-order valence-corrected chi connectivity index (χ1v) is 8.98. The number of ketones is 1. The summed E-state index contributed by atoms with van der Waals surface area (Å²) in [6.45, 7) is 2.53. The van der Waals surface area contributed by atoms with Crippen molar-refractivity contribution in [3.63, 3.8) is 0 Å². The zero-order valence-electron chi connectivity index (χ0n) is 13.8. The highest BCUT2D eigenvalue weighted by atomic mass is 32.2. The third kappa shape index (κ3) is 4.93. The fraction of sp³-hybridized carbons (Fsp3) is 0.211. The topological polar surface area (TPSA) is 65.2 Å². The van der Waals surface area contributed by atoms with E-state index in [2.05, 4.69) is 10.1 Å². The molecule has 0 bridgehead atoms. The highest BCUT2D eigenvalue weighted by Crippen LogP contribution is 2.19. The van der Waals surface area contributed by atoms with E-state index in [-0.39, 0.29) is 11.5 Å². The van der Waals surface area contributed by atoms with Gasteiger partial charge in [-0.15, -0.1) is 0 Å². The lowest BCUT2D eigenvalue weighted by molar-refractivity contribution is 0.102. The molecular formula is C19H18N2O3S. The molecule has 0 aliphatic carbocycles. The number of nitrogens with zero attached hydrogens (tertiary/aromatic N) is 2. The van der Waals surface area contributed by atoms with Gasteiger partial charge in [0.1, 0.15) is 5.75 Å². The van der Waals surface area contributed by atoms with Crippen LogP contribution >= 0.6 is 11.8 Å². The minimum absolute atomic E-state index is 0.0162. The lowest BCUT2D eigenvalue weighted by atomic mass is 10.1. The van der Waals surface area contributed by atoms with Crippen molar-refractivity contribution in [2.45, 2.75) is 18.5 Å². The molecule has 0 atom stereocenters. The SMILES string of the molecule is CCOc1ccc(C(=O)CSc2noc(Cc3ccccc3)n2)cc1. The predicted molar refractivity (Wildman–Crippen MR) is 96.2 cm³/mol. The number of carbonyl (C=O) groups excluding carboxylic acids is 1. The van der Waals surface area contributed by atoms with Gasteiger partial charge in [-0.05, 0) is 36.8 Å². The number of carbonyl (C=O) groups is 1. The van der Waals surface area contributed by atoms with Gasteiger partial charge >= 0.3 is 0 Å². The summed E-state index contributed by atoms with van der Waals surface area (Å²) < 4.78 is 10.6. The minimum atomic E-state index is 0.0162. The highest BCUT2D eigenvalue weighted by molar-refractivity contribution is 7.99. The van der Waals surface area contributed by atoms with Gasteiger partial charge in [-0.25, -0.2) is 0 Å². The Kier molecular flexibility index (Phi) is 5.85. The quantitative estimate of drug-likeness (QED) is 0.449. The Morgan fingerprint density at radius 2 is 1.88 bits per heavy atom. The van der Waals surface area contributed by atoms with Crippen molar-refractivity contribution in [1.82, 2.24) is 10.1 Å². The summed E-state index contributed by atoms with van der Waals surface area (Å²) in [5.41, 5.74) is 1.75. The molecule has 1 aromatic heterocycles. The smallest absolute Gasteiger partial charge is 0.231 e. The zero-order valence-corrected chi connectivity index (χ0v) is 14.7. The lowest BCUT2D eigenvalue weighted by Gasteiger charge is -2.03. The van der Waals surface area contributed by atoms with E-state index in [0.29, 0.717) is 29.6 Å². The van der Waals surface area contributed by atoms with E-state index in [4.69, 9.17) is 9.26 Å². The van der Waals surface area contributed by atoms with Crippen LogP contribution in [-0.4, -0.2) is 28.3 Å². The molecule has 0 aliphatic heterocycles. The summed E-state index contributed by atoms with van der Waals surface area (Å²) >= 11 is 1.27. The van der Waals surface area contributed by atoms with Gasteiger partial charge in [0.05, 0.1) is 18.8 Å². The minimum Gasteiger partial charge on any atom is -0.494 e. The highest BCUT2D eigenvalue weighted by Gasteiger charge is 2.12. The number of aromatic nitrogens is 2. The molecule has 25 heavy (non-hydrogen) atoms. The summed E-state index contributed by atoms with van der Waals surface area (Å²) in [6, 6.07) is 17.1. The van der Waals surface area contributed by atoms with Crippen molar-refractivity contribution in [3.8, 4) is 5.75 Å². The molecule has 1 heterocycles. The van der Waals surface area contributed by atoms with Crippen molar-refractivity contribution >= 4 is 17.5 Å². The fourth-order valence-corrected chi connectivity index (χ4v) is 2.94. The lowest BCUT2D eigenvalue weighted by Crippen LogP contribution is -2.02. The Morgan fingerprint density at radius 1 is 1.12 bits per heavy atom. The Bertz CT molecular complexity index is 816. The van der Waals surface area contributed by atoms with Gasteiger partial charge < -0.3 is 9.26 Å². The van der Waals surface area contributed by atoms with Crippen LogP contribution in [0.5, 0.6) is 5.75 Å². The standard InChI is InChI=1S/C19H18N2O3S/c1-2-23-16-10-8-15(9-11-16)17(22)13-25-19-20-18(24-21-19)12-14-6-4-3-5-7-14/h3-11H,2,12-13H2,1H3. The van der Waals surface area contributed by atoms with Crippen molar-refractivity contribution in [2.75, 3.05) is 12.4 Å². The maximum atomic E-state index is 12.2. The second-order valence-corrected chi connectivity index (χ2v) is 6.24. The van der Waals surface area contributed by atoms with E-state index in [0.717, 1.165) is 11.3 Å². The molecule has 0 fully saturated rings. The molecule has 0 N–H and O–H groups in total. The third-order valence-electron chi connectivity index (χ3n) is 3.47. The number of Topliss-reactive ketones (excluding diaryl/α,β-unsaturated/α-hetero) is 1. The third-order valence-corrected chi connectivity index (χ3v) is 4.30. The first-order chi connectivity index (χ1) is 12.2. The number of benzene rings is 2. The predicted octanol–water partition coefficient (Wildman–Crippen LogP) is 4.03. The second-order valence-electron chi connectivity index (χ2n) is 5.30. The van der Waals surface area contributed by atoms with Crippen LogP contribution < -0.4 is 4.74 Å². The molecule has 0 amide bonds. The fourth-order valence-electron chi connectivity index (χ4n) is 2.26. The normalized spacial score (nSPS) is 10.6. The number of thioether (sulfide) groups is 1. The number of hydrogen-bond acceptors (Lipinski definition) is 6. The van der Waals surface area contributed by atoms with Gasteiger partial charge in [0.15, 0.2) is 5.78 Å². The van der Waals surface area contributed by atoms with E-state index in [1.54, 1.807) is 24.3 Å². The van der Waals surface area contributed by atoms with Crippen LogP contribution in [0.4, 0.5) is 0 Å². The average molecular weight is 354 g/mol. The maximum absolute atomic E-state index is 12.2. The molecule has 0 aliphatic rings. The molecule has 0 spiro atoms. The van der Waals surface area contributed by atoms with Crippen LogP contribution in [0.25, 0.3) is 0 Å². The first-order valence-electron chi connectivity index (χ1n) is 8.00. The zero-order chi connectivity index (χ0) is 17.5. The van der Waals surface area contributed by atoms with Crippen LogP contribution in [0.3, 0.4) is 0 Å². The second kappa shape index (κ2) is 8.48. The summed E-state index contributed by atoms with van der Waals surface area (Å²) in [5, 5.41) is 4.40. The van der Waals surface area contributed by atoms with Gasteiger partial charge in [-0.2, -0.15) is 4.98 Å². The van der Waals surface area contributed by atoms with Crippen molar-refractivity contribution < 1.29 is 14.1 Å². The molecule has 0 saturated heterocycles. The van der Waals surface area contributed by atoms with Crippen molar-refractivity contribution in [1.29, 1.82) is 0 Å². The number of hydrogen-bond donors (Lipinski definition) is 0. The first kappa shape index (κ1) is 17.2. The molecule has 2 aromatic carbocycles. The van der Waals surface area contributed by atoms with Gasteiger partial charge in [0.2, 0.25) is 11.0 Å². The Labute approximate surface area is 150 Å². The molecule has 0 saturated carbocycles. The molecule has 0 radical (unpaired) electrons. The molecule has 3 aromatic rings. The van der Waals surface area contributed by atoms with Crippen LogP contribution in [0.15, 0.2) is 64.3 Å². The summed E-state index contributed by atoms with van der Waals surface area (Å²) in [7, 11) is 0. The largest absolute Gasteiger partial charge is 0.494 e. The summed E-state index contributed by atoms with van der Waals surface area (Å²) in [5.74, 6) is 1.58. The number of rotatable bonds is 8. The van der Waals surface area contributed by atoms with Gasteiger partial charge in [-0.3, -0.25) is 4.79 Å². The summed E-state index contributed by atoms with van der Waals surface area (Å²) in [6.07, 6.45) is 0.585. The van der Waals surface area contributed by atoms with Gasteiger partial charge in [-0.1, -0.05) is 47.3 Å². The summed E-state index contributed by atoms with van der Waals surface area (Å²) in [4.78, 5) is 16.6.